The van der Waals surface area contributed by atoms with E-state index in [1.807, 2.05) is 25.1 Å². The van der Waals surface area contributed by atoms with Gasteiger partial charge in [-0.1, -0.05) is 13.0 Å². The normalized spacial score (nSPS) is 10.8. The minimum Gasteiger partial charge on any atom is -0.451 e. The first-order valence-corrected chi connectivity index (χ1v) is 7.57. The van der Waals surface area contributed by atoms with E-state index >= 15 is 0 Å². The molecule has 0 saturated heterocycles. The number of benzene rings is 2. The van der Waals surface area contributed by atoms with Gasteiger partial charge in [0, 0.05) is 28.8 Å². The lowest BCUT2D eigenvalue weighted by molar-refractivity contribution is -0.384. The fourth-order valence-corrected chi connectivity index (χ4v) is 2.56. The standard InChI is InChI=1S/C18H16N2O4/c1-3-12-4-9-16-15(10-12)11(2)17(24-16)18(21)19-13-5-7-14(8-6-13)20(22)23/h4-10H,3H2,1-2H3,(H,19,21). The van der Waals surface area contributed by atoms with Gasteiger partial charge in [0.25, 0.3) is 11.6 Å². The Morgan fingerprint density at radius 2 is 1.92 bits per heavy atom. The second-order valence-corrected chi connectivity index (χ2v) is 5.50. The number of nitro benzene ring substituents is 1. The topological polar surface area (TPSA) is 85.4 Å². The van der Waals surface area contributed by atoms with Crippen molar-refractivity contribution in [3.8, 4) is 0 Å². The molecule has 3 aromatic rings. The summed E-state index contributed by atoms with van der Waals surface area (Å²) >= 11 is 0. The van der Waals surface area contributed by atoms with Crippen molar-refractivity contribution >= 4 is 28.3 Å². The smallest absolute Gasteiger partial charge is 0.291 e. The maximum atomic E-state index is 12.4. The summed E-state index contributed by atoms with van der Waals surface area (Å²) in [7, 11) is 0. The molecule has 0 aliphatic heterocycles. The third kappa shape index (κ3) is 2.86. The Kier molecular flexibility index (Phi) is 4.04. The van der Waals surface area contributed by atoms with E-state index in [-0.39, 0.29) is 17.4 Å². The number of hydrogen-bond donors (Lipinski definition) is 1. The summed E-state index contributed by atoms with van der Waals surface area (Å²) in [4.78, 5) is 22.6. The van der Waals surface area contributed by atoms with E-state index in [1.165, 1.54) is 29.8 Å². The molecule has 1 N–H and O–H groups in total. The van der Waals surface area contributed by atoms with E-state index in [1.54, 1.807) is 0 Å². The summed E-state index contributed by atoms with van der Waals surface area (Å²) in [6.45, 7) is 3.91. The minimum absolute atomic E-state index is 0.0278. The molecular weight excluding hydrogens is 308 g/mol. The van der Waals surface area contributed by atoms with Gasteiger partial charge in [-0.3, -0.25) is 14.9 Å². The van der Waals surface area contributed by atoms with E-state index in [0.29, 0.717) is 11.3 Å². The van der Waals surface area contributed by atoms with Crippen LogP contribution in [0.5, 0.6) is 0 Å². The van der Waals surface area contributed by atoms with Crippen molar-refractivity contribution in [3.63, 3.8) is 0 Å². The zero-order valence-corrected chi connectivity index (χ0v) is 13.3. The second-order valence-electron chi connectivity index (χ2n) is 5.50. The monoisotopic (exact) mass is 324 g/mol. The first kappa shape index (κ1) is 15.7. The molecule has 122 valence electrons. The van der Waals surface area contributed by atoms with Gasteiger partial charge in [0.2, 0.25) is 0 Å². The Morgan fingerprint density at radius 1 is 1.21 bits per heavy atom. The van der Waals surface area contributed by atoms with Crippen molar-refractivity contribution in [3.05, 3.63) is 69.5 Å². The molecular formula is C18H16N2O4. The zero-order chi connectivity index (χ0) is 17.3. The molecule has 1 amide bonds. The predicted molar refractivity (Wildman–Crippen MR) is 91.4 cm³/mol. The lowest BCUT2D eigenvalue weighted by Gasteiger charge is -2.03. The van der Waals surface area contributed by atoms with E-state index in [9.17, 15) is 14.9 Å². The third-order valence-electron chi connectivity index (χ3n) is 3.95. The molecule has 0 saturated carbocycles. The average molecular weight is 324 g/mol. The highest BCUT2D eigenvalue weighted by Crippen LogP contribution is 2.27. The quantitative estimate of drug-likeness (QED) is 0.567. The summed E-state index contributed by atoms with van der Waals surface area (Å²) in [5.74, 6) is -0.132. The molecule has 0 aliphatic carbocycles. The van der Waals surface area contributed by atoms with Gasteiger partial charge in [-0.2, -0.15) is 0 Å². The van der Waals surface area contributed by atoms with Crippen LogP contribution in [0, 0.1) is 17.0 Å². The summed E-state index contributed by atoms with van der Waals surface area (Å²) in [5.41, 5.74) is 3.06. The van der Waals surface area contributed by atoms with Crippen LogP contribution in [0.1, 0.15) is 28.6 Å². The van der Waals surface area contributed by atoms with Crippen LogP contribution >= 0.6 is 0 Å². The number of nitro groups is 1. The highest BCUT2D eigenvalue weighted by Gasteiger charge is 2.18. The fraction of sp³-hybridized carbons (Fsp3) is 0.167. The summed E-state index contributed by atoms with van der Waals surface area (Å²) in [6.07, 6.45) is 0.908. The number of anilines is 1. The highest BCUT2D eigenvalue weighted by atomic mass is 16.6. The lowest BCUT2D eigenvalue weighted by atomic mass is 10.1. The van der Waals surface area contributed by atoms with Crippen molar-refractivity contribution in [1.29, 1.82) is 0 Å². The van der Waals surface area contributed by atoms with E-state index in [2.05, 4.69) is 12.2 Å². The maximum Gasteiger partial charge on any atom is 0.291 e. The first-order valence-electron chi connectivity index (χ1n) is 7.57. The Bertz CT molecular complexity index is 926. The van der Waals surface area contributed by atoms with Crippen LogP contribution in [0.2, 0.25) is 0 Å². The molecule has 6 heteroatoms. The number of hydrogen-bond acceptors (Lipinski definition) is 4. The van der Waals surface area contributed by atoms with Gasteiger partial charge in [0.05, 0.1) is 4.92 Å². The minimum atomic E-state index is -0.486. The number of non-ortho nitro benzene ring substituents is 1. The number of rotatable bonds is 4. The van der Waals surface area contributed by atoms with Crippen molar-refractivity contribution < 1.29 is 14.1 Å². The number of carbonyl (C=O) groups excluding carboxylic acids is 1. The van der Waals surface area contributed by atoms with Gasteiger partial charge in [0.1, 0.15) is 5.58 Å². The van der Waals surface area contributed by atoms with Gasteiger partial charge in [-0.05, 0) is 43.2 Å². The van der Waals surface area contributed by atoms with Crippen LogP contribution in [0.4, 0.5) is 11.4 Å². The number of nitrogens with one attached hydrogen (secondary N) is 1. The second kappa shape index (κ2) is 6.16. The van der Waals surface area contributed by atoms with Crippen LogP contribution in [-0.2, 0) is 6.42 Å². The Morgan fingerprint density at radius 3 is 2.54 bits per heavy atom. The Labute approximate surface area is 138 Å². The fourth-order valence-electron chi connectivity index (χ4n) is 2.56. The van der Waals surface area contributed by atoms with Crippen LogP contribution in [-0.4, -0.2) is 10.8 Å². The average Bonchev–Trinajstić information content (AvgIpc) is 2.91. The summed E-state index contributed by atoms with van der Waals surface area (Å²) in [6, 6.07) is 11.5. The predicted octanol–water partition coefficient (Wildman–Crippen LogP) is 4.46. The van der Waals surface area contributed by atoms with Gasteiger partial charge >= 0.3 is 0 Å². The van der Waals surface area contributed by atoms with Gasteiger partial charge in [-0.15, -0.1) is 0 Å². The molecule has 1 aromatic heterocycles. The number of carbonyl (C=O) groups is 1. The van der Waals surface area contributed by atoms with Crippen LogP contribution in [0.3, 0.4) is 0 Å². The summed E-state index contributed by atoms with van der Waals surface area (Å²) < 4.78 is 5.67. The van der Waals surface area contributed by atoms with E-state index in [4.69, 9.17) is 4.42 Å². The van der Waals surface area contributed by atoms with Crippen molar-refractivity contribution in [2.45, 2.75) is 20.3 Å². The zero-order valence-electron chi connectivity index (χ0n) is 13.3. The molecule has 0 atom stereocenters. The number of nitrogens with zero attached hydrogens (tertiary/aromatic N) is 1. The molecule has 2 aromatic carbocycles. The Balaban J connectivity index is 1.88. The number of furan rings is 1. The van der Waals surface area contributed by atoms with Crippen molar-refractivity contribution in [1.82, 2.24) is 0 Å². The van der Waals surface area contributed by atoms with Gasteiger partial charge in [-0.25, -0.2) is 0 Å². The molecule has 0 bridgehead atoms. The van der Waals surface area contributed by atoms with E-state index < -0.39 is 4.92 Å². The SMILES string of the molecule is CCc1ccc2oc(C(=O)Nc3ccc([N+](=O)[O-])cc3)c(C)c2c1. The first-order chi connectivity index (χ1) is 11.5. The number of aryl methyl sites for hydroxylation is 2. The van der Waals surface area contributed by atoms with Crippen LogP contribution in [0.25, 0.3) is 11.0 Å². The van der Waals surface area contributed by atoms with Crippen molar-refractivity contribution in [2.75, 3.05) is 5.32 Å². The van der Waals surface area contributed by atoms with Gasteiger partial charge in [0.15, 0.2) is 5.76 Å². The lowest BCUT2D eigenvalue weighted by Crippen LogP contribution is -2.12. The molecule has 0 radical (unpaired) electrons. The largest absolute Gasteiger partial charge is 0.451 e. The summed E-state index contributed by atoms with van der Waals surface area (Å²) in [5, 5.41) is 14.3. The molecule has 6 nitrogen and oxygen atoms in total. The maximum absolute atomic E-state index is 12.4. The van der Waals surface area contributed by atoms with Gasteiger partial charge < -0.3 is 9.73 Å². The molecule has 0 spiro atoms. The molecule has 0 fully saturated rings. The molecule has 0 unspecified atom stereocenters. The van der Waals surface area contributed by atoms with Crippen LogP contribution in [0.15, 0.2) is 46.9 Å². The molecule has 0 aliphatic rings. The highest BCUT2D eigenvalue weighted by molar-refractivity contribution is 6.06. The molecule has 24 heavy (non-hydrogen) atoms. The number of fused-ring (bicyclic) bond motifs is 1. The van der Waals surface area contributed by atoms with E-state index in [0.717, 1.165) is 17.4 Å². The molecule has 3 rings (SSSR count). The van der Waals surface area contributed by atoms with Crippen molar-refractivity contribution in [2.24, 2.45) is 0 Å². The molecule has 1 heterocycles. The third-order valence-corrected chi connectivity index (χ3v) is 3.95. The van der Waals surface area contributed by atoms with Crippen LogP contribution < -0.4 is 5.32 Å². The number of amides is 1. The Hall–Kier alpha value is -3.15.